The Balaban J connectivity index is 1.78. The van der Waals surface area contributed by atoms with E-state index < -0.39 is 16.1 Å². The molecule has 7 heteroatoms. The van der Waals surface area contributed by atoms with Crippen molar-refractivity contribution in [3.63, 3.8) is 0 Å². The van der Waals surface area contributed by atoms with Crippen molar-refractivity contribution in [3.05, 3.63) is 24.3 Å². The van der Waals surface area contributed by atoms with E-state index in [1.165, 1.54) is 17.1 Å². The maximum Gasteiger partial charge on any atom is 0.263 e. The first kappa shape index (κ1) is 18.0. The van der Waals surface area contributed by atoms with E-state index in [9.17, 15) is 13.2 Å². The first-order chi connectivity index (χ1) is 12.0. The van der Waals surface area contributed by atoms with Gasteiger partial charge in [-0.3, -0.25) is 9.10 Å². The van der Waals surface area contributed by atoms with E-state index in [1.807, 2.05) is 0 Å². The maximum absolute atomic E-state index is 12.7. The topological polar surface area (TPSA) is 75.7 Å². The molecule has 138 valence electrons. The molecule has 3 rings (SSSR count). The molecule has 1 heterocycles. The lowest BCUT2D eigenvalue weighted by Gasteiger charge is -2.35. The molecule has 1 N–H and O–H groups in total. The molecule has 1 fully saturated rings. The molecule has 1 saturated carbocycles. The normalized spacial score (nSPS) is 21.8. The zero-order valence-electron chi connectivity index (χ0n) is 14.6. The van der Waals surface area contributed by atoms with Gasteiger partial charge in [0.15, 0.2) is 6.10 Å². The zero-order chi connectivity index (χ0) is 17.9. The number of nitrogens with one attached hydrogen (secondary N) is 1. The average molecular weight is 366 g/mol. The molecule has 1 atom stereocenters. The Morgan fingerprint density at radius 2 is 1.88 bits per heavy atom. The number of nitrogens with zero attached hydrogens (tertiary/aromatic N) is 1. The second kappa shape index (κ2) is 7.64. The van der Waals surface area contributed by atoms with Gasteiger partial charge in [0.25, 0.3) is 5.91 Å². The molecule has 0 aromatic heterocycles. The highest BCUT2D eigenvalue weighted by Crippen LogP contribution is 2.35. The Bertz CT molecular complexity index is 712. The Labute approximate surface area is 149 Å². The Kier molecular flexibility index (Phi) is 5.51. The number of anilines is 1. The number of hydrogen-bond donors (Lipinski definition) is 1. The van der Waals surface area contributed by atoms with Crippen molar-refractivity contribution < 1.29 is 17.9 Å². The van der Waals surface area contributed by atoms with E-state index in [4.69, 9.17) is 4.74 Å². The van der Waals surface area contributed by atoms with Crippen molar-refractivity contribution >= 4 is 21.6 Å². The number of amides is 1. The van der Waals surface area contributed by atoms with E-state index in [2.05, 4.69) is 5.32 Å². The maximum atomic E-state index is 12.7. The van der Waals surface area contributed by atoms with Crippen LogP contribution in [-0.4, -0.2) is 38.8 Å². The van der Waals surface area contributed by atoms with Gasteiger partial charge in [0.1, 0.15) is 5.75 Å². The molecule has 1 unspecified atom stereocenters. The van der Waals surface area contributed by atoms with Gasteiger partial charge in [0.05, 0.1) is 18.0 Å². The summed E-state index contributed by atoms with van der Waals surface area (Å²) in [4.78, 5) is 12.7. The van der Waals surface area contributed by atoms with Gasteiger partial charge in [-0.15, -0.1) is 0 Å². The third kappa shape index (κ3) is 4.08. The smallest absolute Gasteiger partial charge is 0.263 e. The molecule has 1 amide bonds. The van der Waals surface area contributed by atoms with E-state index in [0.29, 0.717) is 11.4 Å². The first-order valence-electron chi connectivity index (χ1n) is 9.07. The summed E-state index contributed by atoms with van der Waals surface area (Å²) in [5.41, 5.74) is 0.503. The standard InChI is InChI=1S/C18H26N2O4S/c1-2-25(22,23)20-13-17(24-16-12-8-7-11-15(16)20)18(21)19-14-9-5-3-4-6-10-14/h7-8,11-12,14,17H,2-6,9-10,13H2,1H3,(H,19,21). The number of ether oxygens (including phenoxy) is 1. The van der Waals surface area contributed by atoms with Crippen LogP contribution in [0, 0.1) is 0 Å². The number of fused-ring (bicyclic) bond motifs is 1. The fraction of sp³-hybridized carbons (Fsp3) is 0.611. The minimum atomic E-state index is -3.47. The fourth-order valence-electron chi connectivity index (χ4n) is 3.48. The summed E-state index contributed by atoms with van der Waals surface area (Å²) in [6, 6.07) is 7.13. The lowest BCUT2D eigenvalue weighted by Crippen LogP contribution is -2.52. The SMILES string of the molecule is CCS(=O)(=O)N1CC(C(=O)NC2CCCCCC2)Oc2ccccc21. The predicted octanol–water partition coefficient (Wildman–Crippen LogP) is 2.44. The summed E-state index contributed by atoms with van der Waals surface area (Å²) in [6.07, 6.45) is 5.80. The molecule has 1 aliphatic carbocycles. The number of carbonyl (C=O) groups excluding carboxylic acids is 1. The lowest BCUT2D eigenvalue weighted by molar-refractivity contribution is -0.128. The van der Waals surface area contributed by atoms with E-state index in [0.717, 1.165) is 25.7 Å². The predicted molar refractivity (Wildman–Crippen MR) is 97.3 cm³/mol. The van der Waals surface area contributed by atoms with Crippen LogP contribution in [-0.2, 0) is 14.8 Å². The Morgan fingerprint density at radius 1 is 1.20 bits per heavy atom. The lowest BCUT2D eigenvalue weighted by atomic mass is 10.1. The molecular weight excluding hydrogens is 340 g/mol. The molecular formula is C18H26N2O4S. The first-order valence-corrected chi connectivity index (χ1v) is 10.7. The zero-order valence-corrected chi connectivity index (χ0v) is 15.4. The van der Waals surface area contributed by atoms with Crippen LogP contribution in [0.25, 0.3) is 0 Å². The number of para-hydroxylation sites is 2. The van der Waals surface area contributed by atoms with E-state index in [-0.39, 0.29) is 24.2 Å². The number of sulfonamides is 1. The summed E-state index contributed by atoms with van der Waals surface area (Å²) >= 11 is 0. The van der Waals surface area contributed by atoms with Crippen LogP contribution in [0.3, 0.4) is 0 Å². The molecule has 0 spiro atoms. The molecule has 1 aliphatic heterocycles. The van der Waals surface area contributed by atoms with Crippen molar-refractivity contribution in [3.8, 4) is 5.75 Å². The summed E-state index contributed by atoms with van der Waals surface area (Å²) in [6.45, 7) is 1.62. The van der Waals surface area contributed by atoms with Crippen molar-refractivity contribution in [1.82, 2.24) is 5.32 Å². The highest BCUT2D eigenvalue weighted by Gasteiger charge is 2.36. The Morgan fingerprint density at radius 3 is 2.56 bits per heavy atom. The molecule has 25 heavy (non-hydrogen) atoms. The molecule has 2 aliphatic rings. The third-order valence-electron chi connectivity index (χ3n) is 4.93. The summed E-state index contributed by atoms with van der Waals surface area (Å²) in [5.74, 6) is 0.197. The van der Waals surface area contributed by atoms with Crippen LogP contribution in [0.15, 0.2) is 24.3 Å². The van der Waals surface area contributed by atoms with Gasteiger partial charge in [-0.1, -0.05) is 37.8 Å². The minimum absolute atomic E-state index is 0.0156. The van der Waals surface area contributed by atoms with Crippen LogP contribution in [0.1, 0.15) is 45.4 Å². The summed E-state index contributed by atoms with van der Waals surface area (Å²) < 4.78 is 32.0. The van der Waals surface area contributed by atoms with Gasteiger partial charge < -0.3 is 10.1 Å². The van der Waals surface area contributed by atoms with Gasteiger partial charge in [0, 0.05) is 6.04 Å². The highest BCUT2D eigenvalue weighted by molar-refractivity contribution is 7.92. The molecule has 0 bridgehead atoms. The second-order valence-corrected chi connectivity index (χ2v) is 8.88. The minimum Gasteiger partial charge on any atom is -0.476 e. The second-order valence-electron chi connectivity index (χ2n) is 6.70. The molecule has 0 saturated heterocycles. The number of carbonyl (C=O) groups is 1. The van der Waals surface area contributed by atoms with Crippen LogP contribution >= 0.6 is 0 Å². The van der Waals surface area contributed by atoms with Gasteiger partial charge in [-0.05, 0) is 31.9 Å². The molecule has 1 aromatic carbocycles. The molecule has 1 aromatic rings. The van der Waals surface area contributed by atoms with Crippen molar-refractivity contribution in [1.29, 1.82) is 0 Å². The van der Waals surface area contributed by atoms with Gasteiger partial charge >= 0.3 is 0 Å². The van der Waals surface area contributed by atoms with Gasteiger partial charge in [-0.2, -0.15) is 0 Å². The van der Waals surface area contributed by atoms with Crippen LogP contribution in [0.4, 0.5) is 5.69 Å². The summed E-state index contributed by atoms with van der Waals surface area (Å²) in [5, 5.41) is 3.06. The number of benzene rings is 1. The molecule has 0 radical (unpaired) electrons. The van der Waals surface area contributed by atoms with Crippen molar-refractivity contribution in [2.75, 3.05) is 16.6 Å². The van der Waals surface area contributed by atoms with Gasteiger partial charge in [0.2, 0.25) is 10.0 Å². The fourth-order valence-corrected chi connectivity index (χ4v) is 4.60. The average Bonchev–Trinajstić information content (AvgIpc) is 2.89. The highest BCUT2D eigenvalue weighted by atomic mass is 32.2. The largest absolute Gasteiger partial charge is 0.476 e. The van der Waals surface area contributed by atoms with Crippen molar-refractivity contribution in [2.45, 2.75) is 57.6 Å². The third-order valence-corrected chi connectivity index (χ3v) is 6.68. The molecule has 6 nitrogen and oxygen atoms in total. The van der Waals surface area contributed by atoms with Crippen LogP contribution in [0.5, 0.6) is 5.75 Å². The van der Waals surface area contributed by atoms with E-state index in [1.54, 1.807) is 31.2 Å². The Hall–Kier alpha value is -1.76. The monoisotopic (exact) mass is 366 g/mol. The summed E-state index contributed by atoms with van der Waals surface area (Å²) in [7, 11) is -3.47. The van der Waals surface area contributed by atoms with Crippen molar-refractivity contribution in [2.24, 2.45) is 0 Å². The van der Waals surface area contributed by atoms with Crippen LogP contribution in [0.2, 0.25) is 0 Å². The number of rotatable bonds is 4. The van der Waals surface area contributed by atoms with Crippen LogP contribution < -0.4 is 14.4 Å². The van der Waals surface area contributed by atoms with Gasteiger partial charge in [-0.25, -0.2) is 8.42 Å². The number of hydrogen-bond acceptors (Lipinski definition) is 4. The van der Waals surface area contributed by atoms with E-state index >= 15 is 0 Å². The quantitative estimate of drug-likeness (QED) is 0.831.